The molecule has 0 spiro atoms. The molecule has 0 aliphatic carbocycles. The summed E-state index contributed by atoms with van der Waals surface area (Å²) in [7, 11) is 1.37. The molecule has 2 aromatic rings. The molecule has 1 heterocycles. The van der Waals surface area contributed by atoms with E-state index >= 15 is 0 Å². The summed E-state index contributed by atoms with van der Waals surface area (Å²) in [4.78, 5) is 38.9. The second kappa shape index (κ2) is 8.78. The van der Waals surface area contributed by atoms with Crippen LogP contribution in [-0.4, -0.2) is 36.0 Å². The van der Waals surface area contributed by atoms with Crippen LogP contribution in [0.5, 0.6) is 0 Å². The fourth-order valence-electron chi connectivity index (χ4n) is 1.77. The molecule has 3 N–H and O–H groups in total. The number of rotatable bonds is 6. The lowest BCUT2D eigenvalue weighted by Crippen LogP contribution is -2.43. The number of hydrogen-bond donors (Lipinski definition) is 3. The maximum absolute atomic E-state index is 12.0. The van der Waals surface area contributed by atoms with E-state index in [2.05, 4.69) is 15.6 Å². The van der Waals surface area contributed by atoms with E-state index in [1.807, 2.05) is 35.6 Å². The van der Waals surface area contributed by atoms with Crippen LogP contribution in [0.1, 0.15) is 23.0 Å². The van der Waals surface area contributed by atoms with Crippen molar-refractivity contribution in [3.63, 3.8) is 0 Å². The fourth-order valence-corrected chi connectivity index (χ4v) is 2.45. The van der Waals surface area contributed by atoms with E-state index in [0.717, 1.165) is 5.56 Å². The first-order valence-electron chi connectivity index (χ1n) is 7.46. The van der Waals surface area contributed by atoms with Gasteiger partial charge in [-0.2, -0.15) is 0 Å². The minimum atomic E-state index is -1.12. The molecule has 0 aliphatic rings. The van der Waals surface area contributed by atoms with Crippen molar-refractivity contribution in [2.24, 2.45) is 0 Å². The maximum atomic E-state index is 12.0. The standard InChI is InChI=1S/C16H18N4O4S/c1-10(13(21)20-15(23)17-2)24-14(22)12-9-25-16(19-12)18-8-11-6-4-3-5-7-11/h3-7,9-10H,8H2,1-2H3,(H,18,19)(H2,17,20,21,23)/t10-/m1/s1. The molecule has 1 atom stereocenters. The molecule has 25 heavy (non-hydrogen) atoms. The summed E-state index contributed by atoms with van der Waals surface area (Å²) in [5.74, 6) is -1.45. The number of nitrogens with zero attached hydrogens (tertiary/aromatic N) is 1. The number of benzene rings is 1. The van der Waals surface area contributed by atoms with E-state index in [0.29, 0.717) is 11.7 Å². The number of thiazole rings is 1. The average Bonchev–Trinajstić information content (AvgIpc) is 3.09. The van der Waals surface area contributed by atoms with Gasteiger partial charge < -0.3 is 15.4 Å². The van der Waals surface area contributed by atoms with Crippen LogP contribution >= 0.6 is 11.3 Å². The highest BCUT2D eigenvalue weighted by atomic mass is 32.1. The van der Waals surface area contributed by atoms with E-state index in [9.17, 15) is 14.4 Å². The highest BCUT2D eigenvalue weighted by Gasteiger charge is 2.22. The van der Waals surface area contributed by atoms with Gasteiger partial charge in [-0.3, -0.25) is 10.1 Å². The molecule has 1 aromatic carbocycles. The average molecular weight is 362 g/mol. The van der Waals surface area contributed by atoms with E-state index < -0.39 is 24.0 Å². The van der Waals surface area contributed by atoms with Crippen LogP contribution in [0.25, 0.3) is 0 Å². The van der Waals surface area contributed by atoms with Crippen molar-refractivity contribution in [2.45, 2.75) is 19.6 Å². The van der Waals surface area contributed by atoms with Gasteiger partial charge in [-0.1, -0.05) is 30.3 Å². The Labute approximate surface area is 148 Å². The highest BCUT2D eigenvalue weighted by molar-refractivity contribution is 7.13. The lowest BCUT2D eigenvalue weighted by molar-refractivity contribution is -0.127. The van der Waals surface area contributed by atoms with Crippen molar-refractivity contribution in [1.82, 2.24) is 15.6 Å². The third-order valence-electron chi connectivity index (χ3n) is 3.12. The van der Waals surface area contributed by atoms with Gasteiger partial charge in [-0.25, -0.2) is 14.6 Å². The molecule has 0 bridgehead atoms. The van der Waals surface area contributed by atoms with Gasteiger partial charge in [-0.15, -0.1) is 11.3 Å². The second-order valence-corrected chi connectivity index (χ2v) is 5.85. The lowest BCUT2D eigenvalue weighted by atomic mass is 10.2. The largest absolute Gasteiger partial charge is 0.448 e. The molecular formula is C16H18N4O4S. The molecule has 0 saturated heterocycles. The Morgan fingerprint density at radius 2 is 1.96 bits per heavy atom. The smallest absolute Gasteiger partial charge is 0.358 e. The number of ether oxygens (including phenoxy) is 1. The zero-order valence-electron chi connectivity index (χ0n) is 13.7. The van der Waals surface area contributed by atoms with Gasteiger partial charge in [0.1, 0.15) is 0 Å². The van der Waals surface area contributed by atoms with Crippen molar-refractivity contribution in [3.05, 3.63) is 47.0 Å². The lowest BCUT2D eigenvalue weighted by Gasteiger charge is -2.11. The van der Waals surface area contributed by atoms with Crippen molar-refractivity contribution in [2.75, 3.05) is 12.4 Å². The van der Waals surface area contributed by atoms with Crippen LogP contribution in [0.2, 0.25) is 0 Å². The molecule has 0 saturated carbocycles. The molecule has 0 radical (unpaired) electrons. The number of imide groups is 1. The molecule has 2 rings (SSSR count). The number of amides is 3. The highest BCUT2D eigenvalue weighted by Crippen LogP contribution is 2.17. The van der Waals surface area contributed by atoms with Gasteiger partial charge >= 0.3 is 12.0 Å². The monoisotopic (exact) mass is 362 g/mol. The second-order valence-electron chi connectivity index (χ2n) is 4.99. The number of hydrogen-bond acceptors (Lipinski definition) is 7. The van der Waals surface area contributed by atoms with Crippen molar-refractivity contribution in [3.8, 4) is 0 Å². The SMILES string of the molecule is CNC(=O)NC(=O)[C@@H](C)OC(=O)c1csc(NCc2ccccc2)n1. The third kappa shape index (κ3) is 5.57. The van der Waals surface area contributed by atoms with Crippen LogP contribution < -0.4 is 16.0 Å². The van der Waals surface area contributed by atoms with Crippen LogP contribution in [-0.2, 0) is 16.1 Å². The summed E-state index contributed by atoms with van der Waals surface area (Å²) in [6.07, 6.45) is -1.12. The van der Waals surface area contributed by atoms with Gasteiger partial charge in [0.25, 0.3) is 5.91 Å². The number of aromatic nitrogens is 1. The molecule has 0 fully saturated rings. The summed E-state index contributed by atoms with van der Waals surface area (Å²) >= 11 is 1.26. The van der Waals surface area contributed by atoms with Gasteiger partial charge in [0, 0.05) is 19.0 Å². The molecule has 8 nitrogen and oxygen atoms in total. The Hall–Kier alpha value is -2.94. The first-order valence-corrected chi connectivity index (χ1v) is 8.34. The Balaban J connectivity index is 1.87. The van der Waals surface area contributed by atoms with E-state index in [4.69, 9.17) is 4.74 Å². The molecule has 132 valence electrons. The third-order valence-corrected chi connectivity index (χ3v) is 3.92. The quantitative estimate of drug-likeness (QED) is 0.676. The zero-order valence-corrected chi connectivity index (χ0v) is 14.6. The predicted octanol–water partition coefficient (Wildman–Crippen LogP) is 1.76. The molecular weight excluding hydrogens is 344 g/mol. The minimum absolute atomic E-state index is 0.0974. The summed E-state index contributed by atoms with van der Waals surface area (Å²) in [6.45, 7) is 1.95. The molecule has 9 heteroatoms. The van der Waals surface area contributed by atoms with Gasteiger partial charge in [0.2, 0.25) is 0 Å². The first kappa shape index (κ1) is 18.4. The van der Waals surface area contributed by atoms with Crippen molar-refractivity contribution < 1.29 is 19.1 Å². The fraction of sp³-hybridized carbons (Fsp3) is 0.250. The Morgan fingerprint density at radius 1 is 1.24 bits per heavy atom. The number of carbonyl (C=O) groups excluding carboxylic acids is 3. The van der Waals surface area contributed by atoms with Gasteiger partial charge in [-0.05, 0) is 12.5 Å². The van der Waals surface area contributed by atoms with Crippen LogP contribution in [0.4, 0.5) is 9.93 Å². The summed E-state index contributed by atoms with van der Waals surface area (Å²) in [6, 6.07) is 9.08. The van der Waals surface area contributed by atoms with E-state index in [1.54, 1.807) is 5.38 Å². The zero-order chi connectivity index (χ0) is 18.2. The van der Waals surface area contributed by atoms with Gasteiger partial charge in [0.05, 0.1) is 0 Å². The normalized spacial score (nSPS) is 11.3. The Morgan fingerprint density at radius 3 is 2.64 bits per heavy atom. The maximum Gasteiger partial charge on any atom is 0.358 e. The number of carbonyl (C=O) groups is 3. The molecule has 0 aliphatic heterocycles. The van der Waals surface area contributed by atoms with Crippen molar-refractivity contribution in [1.29, 1.82) is 0 Å². The predicted molar refractivity (Wildman–Crippen MR) is 93.4 cm³/mol. The molecule has 0 unspecified atom stereocenters. The summed E-state index contributed by atoms with van der Waals surface area (Å²) in [5, 5.41) is 9.49. The van der Waals surface area contributed by atoms with Crippen LogP contribution in [0.3, 0.4) is 0 Å². The Bertz CT molecular complexity index is 748. The molecule has 1 aromatic heterocycles. The van der Waals surface area contributed by atoms with Crippen LogP contribution in [0, 0.1) is 0 Å². The number of urea groups is 1. The minimum Gasteiger partial charge on any atom is -0.448 e. The first-order chi connectivity index (χ1) is 12.0. The van der Waals surface area contributed by atoms with Crippen LogP contribution in [0.15, 0.2) is 35.7 Å². The molecule has 3 amide bonds. The number of esters is 1. The summed E-state index contributed by atoms with van der Waals surface area (Å²) < 4.78 is 5.01. The number of anilines is 1. The summed E-state index contributed by atoms with van der Waals surface area (Å²) in [5.41, 5.74) is 1.18. The van der Waals surface area contributed by atoms with Crippen molar-refractivity contribution >= 4 is 34.4 Å². The van der Waals surface area contributed by atoms with Gasteiger partial charge in [0.15, 0.2) is 16.9 Å². The van der Waals surface area contributed by atoms with E-state index in [1.165, 1.54) is 25.3 Å². The van der Waals surface area contributed by atoms with E-state index in [-0.39, 0.29) is 5.69 Å². The Kier molecular flexibility index (Phi) is 6.47. The number of nitrogens with one attached hydrogen (secondary N) is 3. The topological polar surface area (TPSA) is 109 Å².